The molecule has 0 spiro atoms. The number of nitrogens with zero attached hydrogens (tertiary/aromatic N) is 1. The predicted molar refractivity (Wildman–Crippen MR) is 106 cm³/mol. The first-order valence-electron chi connectivity index (χ1n) is 8.13. The second-order valence-corrected chi connectivity index (χ2v) is 9.86. The van der Waals surface area contributed by atoms with Gasteiger partial charge in [-0.05, 0) is 37.1 Å². The summed E-state index contributed by atoms with van der Waals surface area (Å²) in [5.41, 5.74) is 0.782. The van der Waals surface area contributed by atoms with Gasteiger partial charge in [0.15, 0.2) is 21.3 Å². The van der Waals surface area contributed by atoms with Gasteiger partial charge in [0.2, 0.25) is 0 Å². The first-order chi connectivity index (χ1) is 12.3. The summed E-state index contributed by atoms with van der Waals surface area (Å²) >= 11 is 6.51. The molecule has 6 nitrogen and oxygen atoms in total. The maximum atomic E-state index is 12.7. The third-order valence-electron chi connectivity index (χ3n) is 4.18. The molecule has 2 heterocycles. The minimum atomic E-state index is -3.09. The lowest BCUT2D eigenvalue weighted by atomic mass is 10.1. The average Bonchev–Trinajstić information content (AvgIpc) is 3.07. The molecule has 2 aliphatic rings. The largest absolute Gasteiger partial charge is 0.493 e. The lowest BCUT2D eigenvalue weighted by Crippen LogP contribution is -2.39. The minimum Gasteiger partial charge on any atom is -0.493 e. The van der Waals surface area contributed by atoms with Crippen LogP contribution in [0.5, 0.6) is 11.5 Å². The van der Waals surface area contributed by atoms with Crippen molar-refractivity contribution in [1.29, 1.82) is 0 Å². The maximum absolute atomic E-state index is 12.7. The lowest BCUT2D eigenvalue weighted by molar-refractivity contribution is -0.123. The van der Waals surface area contributed by atoms with E-state index in [9.17, 15) is 13.2 Å². The molecule has 2 aliphatic heterocycles. The Bertz CT molecular complexity index is 878. The summed E-state index contributed by atoms with van der Waals surface area (Å²) in [6.07, 6.45) is 2.17. The Balaban J connectivity index is 1.84. The number of rotatable bonds is 5. The van der Waals surface area contributed by atoms with Crippen LogP contribution in [0.15, 0.2) is 23.1 Å². The number of thioether (sulfide) groups is 1. The second-order valence-electron chi connectivity index (χ2n) is 5.95. The van der Waals surface area contributed by atoms with Crippen molar-refractivity contribution in [2.24, 2.45) is 0 Å². The number of benzene rings is 1. The fourth-order valence-electron chi connectivity index (χ4n) is 2.97. The quantitative estimate of drug-likeness (QED) is 0.542. The number of sulfone groups is 1. The van der Waals surface area contributed by atoms with Crippen molar-refractivity contribution in [3.8, 4) is 11.5 Å². The first kappa shape index (κ1) is 19.2. The highest BCUT2D eigenvalue weighted by Crippen LogP contribution is 2.37. The van der Waals surface area contributed by atoms with Crippen molar-refractivity contribution in [2.75, 3.05) is 25.2 Å². The molecule has 2 saturated heterocycles. The Kier molecular flexibility index (Phi) is 5.59. The Morgan fingerprint density at radius 2 is 2.15 bits per heavy atom. The predicted octanol–water partition coefficient (Wildman–Crippen LogP) is 2.48. The van der Waals surface area contributed by atoms with Crippen molar-refractivity contribution in [3.63, 3.8) is 0 Å². The lowest BCUT2D eigenvalue weighted by Gasteiger charge is -2.20. The van der Waals surface area contributed by atoms with Gasteiger partial charge in [-0.3, -0.25) is 9.69 Å². The van der Waals surface area contributed by atoms with Crippen LogP contribution in [-0.4, -0.2) is 54.8 Å². The molecule has 1 aromatic carbocycles. The average molecular weight is 414 g/mol. The molecule has 0 saturated carbocycles. The van der Waals surface area contributed by atoms with E-state index in [1.165, 1.54) is 16.7 Å². The molecule has 1 atom stereocenters. The monoisotopic (exact) mass is 413 g/mol. The number of carbonyl (C=O) groups is 1. The van der Waals surface area contributed by atoms with Crippen molar-refractivity contribution >= 4 is 50.1 Å². The Labute approximate surface area is 162 Å². The van der Waals surface area contributed by atoms with Crippen LogP contribution in [0.1, 0.15) is 18.9 Å². The van der Waals surface area contributed by atoms with Crippen LogP contribution in [0.3, 0.4) is 0 Å². The molecule has 9 heteroatoms. The molecule has 0 bridgehead atoms. The summed E-state index contributed by atoms with van der Waals surface area (Å²) in [6, 6.07) is 5.05. The molecule has 2 fully saturated rings. The van der Waals surface area contributed by atoms with E-state index in [2.05, 4.69) is 0 Å². The third-order valence-corrected chi connectivity index (χ3v) is 7.26. The van der Waals surface area contributed by atoms with E-state index in [0.29, 0.717) is 33.8 Å². The molecule has 26 heavy (non-hydrogen) atoms. The number of carbonyl (C=O) groups excluding carboxylic acids is 1. The number of hydrogen-bond donors (Lipinski definition) is 0. The van der Waals surface area contributed by atoms with Gasteiger partial charge in [-0.15, -0.1) is 0 Å². The number of hydrogen-bond acceptors (Lipinski definition) is 7. The molecule has 0 aromatic heterocycles. The molecular formula is C17H19NO5S3. The normalized spacial score (nSPS) is 23.7. The molecule has 1 aromatic rings. The van der Waals surface area contributed by atoms with Crippen LogP contribution in [-0.2, 0) is 14.6 Å². The van der Waals surface area contributed by atoms with Gasteiger partial charge in [0.05, 0.1) is 36.2 Å². The zero-order chi connectivity index (χ0) is 18.9. The number of ether oxygens (including phenoxy) is 2. The van der Waals surface area contributed by atoms with Crippen molar-refractivity contribution in [1.82, 2.24) is 4.90 Å². The molecule has 1 amide bonds. The minimum absolute atomic E-state index is 0.0242. The van der Waals surface area contributed by atoms with Crippen LogP contribution in [0.2, 0.25) is 0 Å². The van der Waals surface area contributed by atoms with E-state index in [4.69, 9.17) is 21.7 Å². The molecule has 0 unspecified atom stereocenters. The van der Waals surface area contributed by atoms with Crippen molar-refractivity contribution in [3.05, 3.63) is 28.7 Å². The Morgan fingerprint density at radius 1 is 1.38 bits per heavy atom. The fourth-order valence-corrected chi connectivity index (χ4v) is 6.07. The Hall–Kier alpha value is -1.58. The molecule has 3 rings (SSSR count). The van der Waals surface area contributed by atoms with Gasteiger partial charge in [0, 0.05) is 0 Å². The highest BCUT2D eigenvalue weighted by Gasteiger charge is 2.42. The second kappa shape index (κ2) is 7.58. The van der Waals surface area contributed by atoms with Gasteiger partial charge in [0.1, 0.15) is 4.32 Å². The van der Waals surface area contributed by atoms with E-state index < -0.39 is 9.84 Å². The summed E-state index contributed by atoms with van der Waals surface area (Å²) in [7, 11) is -1.53. The van der Waals surface area contributed by atoms with Crippen LogP contribution in [0.4, 0.5) is 0 Å². The smallest absolute Gasteiger partial charge is 0.266 e. The molecular weight excluding hydrogens is 394 g/mol. The Morgan fingerprint density at radius 3 is 2.77 bits per heavy atom. The van der Waals surface area contributed by atoms with E-state index in [1.54, 1.807) is 25.3 Å². The van der Waals surface area contributed by atoms with Crippen LogP contribution in [0.25, 0.3) is 6.08 Å². The van der Waals surface area contributed by atoms with Gasteiger partial charge in [-0.2, -0.15) is 0 Å². The SMILES string of the molecule is CCOc1ccc(/C=C2\SC(=S)N([C@@H]3CCS(=O)(=O)C3)C2=O)cc1OC. The van der Waals surface area contributed by atoms with Crippen LogP contribution < -0.4 is 9.47 Å². The molecule has 0 aliphatic carbocycles. The maximum Gasteiger partial charge on any atom is 0.266 e. The van der Waals surface area contributed by atoms with Gasteiger partial charge in [-0.25, -0.2) is 8.42 Å². The topological polar surface area (TPSA) is 72.9 Å². The van der Waals surface area contributed by atoms with Crippen LogP contribution in [0, 0.1) is 0 Å². The van der Waals surface area contributed by atoms with Crippen molar-refractivity contribution < 1.29 is 22.7 Å². The first-order valence-corrected chi connectivity index (χ1v) is 11.2. The number of amides is 1. The van der Waals surface area contributed by atoms with Crippen LogP contribution >= 0.6 is 24.0 Å². The zero-order valence-electron chi connectivity index (χ0n) is 14.4. The third kappa shape index (κ3) is 3.89. The summed E-state index contributed by atoms with van der Waals surface area (Å²) in [4.78, 5) is 14.7. The van der Waals surface area contributed by atoms with E-state index in [0.717, 1.165) is 5.56 Å². The fraction of sp³-hybridized carbons (Fsp3) is 0.412. The number of thiocarbonyl (C=S) groups is 1. The highest BCUT2D eigenvalue weighted by molar-refractivity contribution is 8.26. The summed E-state index contributed by atoms with van der Waals surface area (Å²) in [5, 5.41) is 0. The van der Waals surface area contributed by atoms with E-state index >= 15 is 0 Å². The van der Waals surface area contributed by atoms with Gasteiger partial charge in [-0.1, -0.05) is 30.0 Å². The summed E-state index contributed by atoms with van der Waals surface area (Å²) < 4.78 is 34.6. The molecule has 0 N–H and O–H groups in total. The summed E-state index contributed by atoms with van der Waals surface area (Å²) in [6.45, 7) is 2.42. The van der Waals surface area contributed by atoms with Gasteiger partial charge >= 0.3 is 0 Å². The standard InChI is InChI=1S/C17H19NO5S3/c1-3-23-13-5-4-11(8-14(13)22-2)9-15-16(19)18(17(24)25-15)12-6-7-26(20,21)10-12/h4-5,8-9,12H,3,6-7,10H2,1-2H3/b15-9-/t12-/m1/s1. The van der Waals surface area contributed by atoms with E-state index in [-0.39, 0.29) is 23.5 Å². The molecule has 0 radical (unpaired) electrons. The van der Waals surface area contributed by atoms with Gasteiger partial charge < -0.3 is 9.47 Å². The van der Waals surface area contributed by atoms with Crippen molar-refractivity contribution in [2.45, 2.75) is 19.4 Å². The highest BCUT2D eigenvalue weighted by atomic mass is 32.2. The molecule has 140 valence electrons. The van der Waals surface area contributed by atoms with E-state index in [1.807, 2.05) is 13.0 Å². The van der Waals surface area contributed by atoms with Gasteiger partial charge in [0.25, 0.3) is 5.91 Å². The number of methoxy groups -OCH3 is 1. The zero-order valence-corrected chi connectivity index (χ0v) is 16.9. The summed E-state index contributed by atoms with van der Waals surface area (Å²) in [5.74, 6) is 1.05.